The van der Waals surface area contributed by atoms with Crippen molar-refractivity contribution in [2.75, 3.05) is 24.6 Å². The molecule has 0 radical (unpaired) electrons. The third-order valence-corrected chi connectivity index (χ3v) is 19.3. The number of benzene rings is 5. The number of hydrogen-bond donors (Lipinski definition) is 3. The molecule has 4 N–H and O–H groups in total. The summed E-state index contributed by atoms with van der Waals surface area (Å²) in [5.74, 6) is 1.43. The van der Waals surface area contributed by atoms with Gasteiger partial charge in [0.2, 0.25) is 0 Å². The van der Waals surface area contributed by atoms with Crippen LogP contribution in [0.15, 0.2) is 123 Å². The van der Waals surface area contributed by atoms with E-state index in [1.807, 2.05) is 107 Å². The van der Waals surface area contributed by atoms with E-state index in [-0.39, 0.29) is 56.6 Å². The number of aryl methyl sites for hydroxylation is 1. The molecule has 12 rings (SSSR count). The molecule has 1 saturated carbocycles. The first kappa shape index (κ1) is 57.9. The minimum atomic E-state index is -3.25. The van der Waals surface area contributed by atoms with Crippen LogP contribution in [0.5, 0.6) is 0 Å². The largest absolute Gasteiger partial charge is 0.494 e. The van der Waals surface area contributed by atoms with Gasteiger partial charge in [-0.3, -0.25) is 19.2 Å². The number of fused-ring (bicyclic) bond motifs is 4. The lowest BCUT2D eigenvalue weighted by Crippen LogP contribution is -2.45. The number of ketones is 2. The van der Waals surface area contributed by atoms with Gasteiger partial charge in [-0.15, -0.1) is 0 Å². The summed E-state index contributed by atoms with van der Waals surface area (Å²) in [6, 6.07) is 32.4. The second-order valence-electron chi connectivity index (χ2n) is 24.6. The number of nitrogens with zero attached hydrogens (tertiary/aromatic N) is 1. The van der Waals surface area contributed by atoms with Gasteiger partial charge in [0, 0.05) is 85.3 Å². The second-order valence-corrected chi connectivity index (χ2v) is 28.5. The maximum atomic E-state index is 12.5. The number of carbonyl (C=O) groups is 4. The Bertz CT molecular complexity index is 3540. The second kappa shape index (κ2) is 21.6. The first-order valence-corrected chi connectivity index (χ1v) is 30.1. The Labute approximate surface area is 482 Å². The van der Waals surface area contributed by atoms with E-state index < -0.39 is 17.0 Å². The van der Waals surface area contributed by atoms with Crippen molar-refractivity contribution in [2.45, 2.75) is 134 Å². The van der Waals surface area contributed by atoms with Crippen LogP contribution in [0.2, 0.25) is 0 Å². The Kier molecular flexibility index (Phi) is 15.8. The fraction of sp³-hybridized carbons (Fsp3) is 0.381. The zero-order valence-corrected chi connectivity index (χ0v) is 50.6. The molecular formula is C63H69BBr2N4O8S. The predicted octanol–water partition coefficient (Wildman–Crippen LogP) is 12.1. The van der Waals surface area contributed by atoms with Gasteiger partial charge >= 0.3 is 7.12 Å². The van der Waals surface area contributed by atoms with Crippen molar-refractivity contribution in [3.63, 3.8) is 0 Å². The molecule has 1 aromatic heterocycles. The van der Waals surface area contributed by atoms with E-state index in [1.165, 1.54) is 11.1 Å². The lowest BCUT2D eigenvalue weighted by molar-refractivity contribution is 0.00578. The number of carbonyl (C=O) groups excluding carboxylic acids is 4. The highest BCUT2D eigenvalue weighted by Gasteiger charge is 2.52. The van der Waals surface area contributed by atoms with Gasteiger partial charge in [0.1, 0.15) is 5.82 Å². The van der Waals surface area contributed by atoms with Crippen molar-refractivity contribution in [3.8, 4) is 22.3 Å². The molecule has 2 amide bonds. The molecule has 2 fully saturated rings. The summed E-state index contributed by atoms with van der Waals surface area (Å²) in [4.78, 5) is 51.9. The summed E-state index contributed by atoms with van der Waals surface area (Å²) in [5, 5.41) is 5.88. The Morgan fingerprint density at radius 1 is 0.582 bits per heavy atom. The highest BCUT2D eigenvalue weighted by molar-refractivity contribution is 9.10. The number of aromatic nitrogens is 1. The van der Waals surface area contributed by atoms with Crippen molar-refractivity contribution in [2.24, 2.45) is 5.92 Å². The number of pyridine rings is 1. The fourth-order valence-electron chi connectivity index (χ4n) is 10.6. The highest BCUT2D eigenvalue weighted by Crippen LogP contribution is 2.41. The Morgan fingerprint density at radius 2 is 1.13 bits per heavy atom. The van der Waals surface area contributed by atoms with Crippen molar-refractivity contribution < 1.29 is 36.9 Å². The van der Waals surface area contributed by atoms with Gasteiger partial charge in [-0.2, -0.15) is 0 Å². The van der Waals surface area contributed by atoms with Crippen LogP contribution in [0.4, 0.5) is 5.82 Å². The molecule has 0 unspecified atom stereocenters. The van der Waals surface area contributed by atoms with E-state index in [0.29, 0.717) is 48.1 Å². The number of nitrogen functional groups attached to an aromatic ring is 1. The first-order valence-electron chi connectivity index (χ1n) is 26.9. The van der Waals surface area contributed by atoms with Gasteiger partial charge in [-0.1, -0.05) is 110 Å². The third kappa shape index (κ3) is 12.3. The van der Waals surface area contributed by atoms with Gasteiger partial charge in [-0.25, -0.2) is 13.4 Å². The molecular weight excluding hydrogens is 1140 g/mol. The zero-order chi connectivity index (χ0) is 57.2. The summed E-state index contributed by atoms with van der Waals surface area (Å²) in [6.45, 7) is 22.1. The molecule has 1 saturated heterocycles. The van der Waals surface area contributed by atoms with Gasteiger partial charge in [0.15, 0.2) is 21.4 Å². The maximum absolute atomic E-state index is 12.5. The van der Waals surface area contributed by atoms with Crippen LogP contribution in [0.25, 0.3) is 22.3 Å². The molecule has 5 aromatic carbocycles. The average molecular weight is 1210 g/mol. The van der Waals surface area contributed by atoms with Crippen LogP contribution in [0.3, 0.4) is 0 Å². The molecule has 3 aliphatic heterocycles. The van der Waals surface area contributed by atoms with Crippen LogP contribution < -0.4 is 21.8 Å². The fourth-order valence-corrected chi connectivity index (χ4v) is 13.0. The molecule has 12 nitrogen and oxygen atoms in total. The Hall–Kier alpha value is -5.78. The minimum absolute atomic E-state index is 0.00482. The van der Waals surface area contributed by atoms with Crippen molar-refractivity contribution in [3.05, 3.63) is 163 Å². The Balaban J connectivity index is 0.000000140. The topological polar surface area (TPSA) is 184 Å². The summed E-state index contributed by atoms with van der Waals surface area (Å²) in [6.07, 6.45) is 5.94. The smallest absolute Gasteiger partial charge is 0.399 e. The molecule has 412 valence electrons. The third-order valence-electron chi connectivity index (χ3n) is 16.5. The lowest BCUT2D eigenvalue weighted by atomic mass is 9.72. The normalized spacial score (nSPS) is 19.4. The number of hydrogen-bond acceptors (Lipinski definition) is 10. The minimum Gasteiger partial charge on any atom is -0.399 e. The standard InChI is InChI=1S/C26H27N3O3S.C17H24BNO3.C11H11BrO.C9H7BrO/c1-26(2)15-29-25(30)21-10-7-18(12-23(21)26)22-11-19(13-28-24(22)27)17-5-8-20(9-6-17)33(31,32)14-16-3-4-16;1-15(2)10-19-14(20)12-8-7-11(9-13(12)15)18-21-16(3,4)17(5,6)22-18;1-11(2)6-10(13)8-4-3-7(12)5-9(8)11;10-7-3-1-6-2-4-9(11)8(6)5-7/h5-13,16H,3-4,14-15H2,1-2H3,(H2,27,28)(H,29,30);7-9H,10H2,1-6H3,(H,19,20);3-5H,6H2,1-2H3;1,3,5H,2,4H2. The number of amides is 2. The predicted molar refractivity (Wildman–Crippen MR) is 320 cm³/mol. The van der Waals surface area contributed by atoms with Gasteiger partial charge in [0.05, 0.1) is 21.9 Å². The molecule has 6 aromatic rings. The summed E-state index contributed by atoms with van der Waals surface area (Å²) >= 11 is 6.77. The van der Waals surface area contributed by atoms with Gasteiger partial charge in [0.25, 0.3) is 11.8 Å². The van der Waals surface area contributed by atoms with E-state index in [9.17, 15) is 27.6 Å². The molecule has 0 atom stereocenters. The highest BCUT2D eigenvalue weighted by atomic mass is 79.9. The summed E-state index contributed by atoms with van der Waals surface area (Å²) in [5.41, 5.74) is 17.2. The van der Waals surface area contributed by atoms with Gasteiger partial charge < -0.3 is 25.7 Å². The van der Waals surface area contributed by atoms with E-state index in [1.54, 1.807) is 18.3 Å². The van der Waals surface area contributed by atoms with E-state index in [0.717, 1.165) is 83.7 Å². The van der Waals surface area contributed by atoms with E-state index in [2.05, 4.69) is 101 Å². The van der Waals surface area contributed by atoms with Crippen LogP contribution in [0.1, 0.15) is 159 Å². The number of Topliss-reactive ketones (excluding diaryl/α,β-unsaturated/α-hetero) is 2. The van der Waals surface area contributed by atoms with Crippen molar-refractivity contribution in [1.29, 1.82) is 0 Å². The molecule has 6 aliphatic rings. The molecule has 16 heteroatoms. The number of nitrogens with one attached hydrogen (secondary N) is 2. The van der Waals surface area contributed by atoms with Crippen LogP contribution in [-0.2, 0) is 41.8 Å². The SMILES string of the molecule is CC1(C)CC(=O)c2ccc(Br)cc21.CC1(C)CNC(=O)c2ccc(-c3cc(-c4ccc(S(=O)(=O)CC5CC5)cc4)cnc3N)cc21.CC1(C)CNC(=O)c2ccc(B3OC(C)(C)C(C)(C)O3)cc21.O=C1CCc2ccc(Br)cc21. The van der Waals surface area contributed by atoms with E-state index in [4.69, 9.17) is 15.0 Å². The first-order chi connectivity index (χ1) is 36.9. The molecule has 79 heavy (non-hydrogen) atoms. The Morgan fingerprint density at radius 3 is 1.75 bits per heavy atom. The van der Waals surface area contributed by atoms with Crippen LogP contribution in [0, 0.1) is 5.92 Å². The zero-order valence-electron chi connectivity index (χ0n) is 46.7. The van der Waals surface area contributed by atoms with Gasteiger partial charge in [-0.05, 0) is 164 Å². The van der Waals surface area contributed by atoms with Crippen LogP contribution >= 0.6 is 31.9 Å². The van der Waals surface area contributed by atoms with Crippen molar-refractivity contribution in [1.82, 2.24) is 15.6 Å². The maximum Gasteiger partial charge on any atom is 0.494 e. The lowest BCUT2D eigenvalue weighted by Gasteiger charge is -2.33. The van der Waals surface area contributed by atoms with Crippen LogP contribution in [-0.4, -0.2) is 73.9 Å². The molecule has 0 spiro atoms. The molecule has 3 aliphatic carbocycles. The number of anilines is 1. The molecule has 4 heterocycles. The monoisotopic (exact) mass is 1210 g/mol. The number of halogens is 2. The number of nitrogens with two attached hydrogens (primary N) is 1. The number of rotatable bonds is 6. The van der Waals surface area contributed by atoms with Crippen molar-refractivity contribution >= 4 is 83.5 Å². The quantitative estimate of drug-likeness (QED) is 0.136. The summed E-state index contributed by atoms with van der Waals surface area (Å²) < 4.78 is 39.4. The average Bonchev–Trinajstić information content (AvgIpc) is 4.07. The number of sulfone groups is 1. The summed E-state index contributed by atoms with van der Waals surface area (Å²) in [7, 11) is -3.64. The van der Waals surface area contributed by atoms with E-state index >= 15 is 0 Å². The molecule has 0 bridgehead atoms.